The van der Waals surface area contributed by atoms with Crippen molar-refractivity contribution in [2.75, 3.05) is 19.3 Å². The highest BCUT2D eigenvalue weighted by Gasteiger charge is 2.03. The molecule has 0 unspecified atom stereocenters. The number of hydrogen-bond acceptors (Lipinski definition) is 3. The molecule has 0 saturated carbocycles. The van der Waals surface area contributed by atoms with Crippen molar-refractivity contribution in [3.05, 3.63) is 48.0 Å². The zero-order chi connectivity index (χ0) is 17.2. The van der Waals surface area contributed by atoms with E-state index in [1.165, 1.54) is 16.0 Å². The first kappa shape index (κ1) is 18.4. The highest BCUT2D eigenvalue weighted by Crippen LogP contribution is 2.22. The Kier molecular flexibility index (Phi) is 7.68. The van der Waals surface area contributed by atoms with Gasteiger partial charge in [-0.1, -0.05) is 12.1 Å². The number of imidazole rings is 1. The first-order valence-corrected chi connectivity index (χ1v) is 9.57. The predicted molar refractivity (Wildman–Crippen MR) is 103 cm³/mol. The largest absolute Gasteiger partial charge is 0.357 e. The third-order valence-corrected chi connectivity index (χ3v) is 4.46. The maximum Gasteiger partial charge on any atom is 0.191 e. The molecule has 0 spiro atoms. The van der Waals surface area contributed by atoms with Crippen LogP contribution in [0.5, 0.6) is 0 Å². The molecule has 0 saturated heterocycles. The van der Waals surface area contributed by atoms with Gasteiger partial charge in [-0.3, -0.25) is 0 Å². The molecule has 0 aliphatic rings. The molecule has 0 aliphatic carbocycles. The van der Waals surface area contributed by atoms with Crippen LogP contribution in [0.15, 0.2) is 46.8 Å². The summed E-state index contributed by atoms with van der Waals surface area (Å²) in [6, 6.07) is 6.55. The fourth-order valence-corrected chi connectivity index (χ4v) is 3.07. The first-order chi connectivity index (χ1) is 11.7. The van der Waals surface area contributed by atoms with Gasteiger partial charge in [0.25, 0.3) is 0 Å². The Morgan fingerprint density at radius 1 is 1.33 bits per heavy atom. The van der Waals surface area contributed by atoms with Gasteiger partial charge >= 0.3 is 0 Å². The second-order valence-corrected chi connectivity index (χ2v) is 6.44. The van der Waals surface area contributed by atoms with Crippen LogP contribution in [-0.2, 0) is 13.1 Å². The summed E-state index contributed by atoms with van der Waals surface area (Å²) >= 11 is 1.78. The van der Waals surface area contributed by atoms with Crippen molar-refractivity contribution < 1.29 is 0 Å². The minimum Gasteiger partial charge on any atom is -0.357 e. The number of rotatable bonds is 8. The lowest BCUT2D eigenvalue weighted by atomic mass is 10.1. The molecule has 1 aromatic heterocycles. The lowest BCUT2D eigenvalue weighted by Crippen LogP contribution is -2.38. The van der Waals surface area contributed by atoms with Gasteiger partial charge in [-0.2, -0.15) is 0 Å². The average molecular weight is 346 g/mol. The SMILES string of the molecule is CCNC(=NCc1ccc(C)cc1SC)NCCCn1ccnc1. The van der Waals surface area contributed by atoms with Gasteiger partial charge in [0.1, 0.15) is 0 Å². The van der Waals surface area contributed by atoms with E-state index >= 15 is 0 Å². The van der Waals surface area contributed by atoms with E-state index in [-0.39, 0.29) is 0 Å². The average Bonchev–Trinajstić information content (AvgIpc) is 3.10. The molecule has 0 fully saturated rings. The molecule has 130 valence electrons. The van der Waals surface area contributed by atoms with Gasteiger partial charge in [0.05, 0.1) is 12.9 Å². The van der Waals surface area contributed by atoms with Crippen LogP contribution in [0.2, 0.25) is 0 Å². The number of guanidine groups is 1. The number of nitrogens with one attached hydrogen (secondary N) is 2. The molecule has 1 aromatic carbocycles. The maximum atomic E-state index is 4.72. The van der Waals surface area contributed by atoms with Crippen molar-refractivity contribution in [3.63, 3.8) is 0 Å². The molecule has 0 radical (unpaired) electrons. The monoisotopic (exact) mass is 345 g/mol. The number of nitrogens with zero attached hydrogens (tertiary/aromatic N) is 3. The normalized spacial score (nSPS) is 11.5. The van der Waals surface area contributed by atoms with Crippen molar-refractivity contribution in [1.82, 2.24) is 20.2 Å². The third kappa shape index (κ3) is 5.92. The molecular weight excluding hydrogens is 318 g/mol. The minimum absolute atomic E-state index is 0.688. The molecule has 0 aliphatic heterocycles. The summed E-state index contributed by atoms with van der Waals surface area (Å²) in [5, 5.41) is 6.71. The highest BCUT2D eigenvalue weighted by molar-refractivity contribution is 7.98. The lowest BCUT2D eigenvalue weighted by Gasteiger charge is -2.12. The maximum absolute atomic E-state index is 4.72. The van der Waals surface area contributed by atoms with E-state index in [9.17, 15) is 0 Å². The predicted octanol–water partition coefficient (Wildman–Crippen LogP) is 3.06. The Labute approximate surface area is 149 Å². The number of thioether (sulfide) groups is 1. The first-order valence-electron chi connectivity index (χ1n) is 8.34. The van der Waals surface area contributed by atoms with E-state index in [4.69, 9.17) is 4.99 Å². The Morgan fingerprint density at radius 2 is 2.21 bits per heavy atom. The highest BCUT2D eigenvalue weighted by atomic mass is 32.2. The van der Waals surface area contributed by atoms with Crippen LogP contribution in [0.4, 0.5) is 0 Å². The van der Waals surface area contributed by atoms with Crippen molar-refractivity contribution in [3.8, 4) is 0 Å². The van der Waals surface area contributed by atoms with Crippen molar-refractivity contribution >= 4 is 17.7 Å². The van der Waals surface area contributed by atoms with E-state index < -0.39 is 0 Å². The number of aryl methyl sites for hydroxylation is 2. The lowest BCUT2D eigenvalue weighted by molar-refractivity contribution is 0.624. The minimum atomic E-state index is 0.688. The van der Waals surface area contributed by atoms with Crippen molar-refractivity contribution in [2.45, 2.75) is 38.3 Å². The van der Waals surface area contributed by atoms with Gasteiger partial charge in [-0.05, 0) is 43.7 Å². The Hall–Kier alpha value is -1.95. The number of aromatic nitrogens is 2. The molecule has 2 aromatic rings. The fourth-order valence-electron chi connectivity index (χ4n) is 2.38. The van der Waals surface area contributed by atoms with Gasteiger partial charge < -0.3 is 15.2 Å². The van der Waals surface area contributed by atoms with E-state index in [1.54, 1.807) is 11.8 Å². The summed E-state index contributed by atoms with van der Waals surface area (Å²) < 4.78 is 2.09. The summed E-state index contributed by atoms with van der Waals surface area (Å²) in [6.07, 6.45) is 8.79. The Bertz CT molecular complexity index is 637. The van der Waals surface area contributed by atoms with Crippen LogP contribution in [0.25, 0.3) is 0 Å². The van der Waals surface area contributed by atoms with Crippen molar-refractivity contribution in [2.24, 2.45) is 4.99 Å². The second-order valence-electron chi connectivity index (χ2n) is 5.59. The van der Waals surface area contributed by atoms with E-state index in [1.807, 2.05) is 18.7 Å². The van der Waals surface area contributed by atoms with Crippen LogP contribution in [0.3, 0.4) is 0 Å². The zero-order valence-corrected chi connectivity index (χ0v) is 15.6. The van der Waals surface area contributed by atoms with Crippen LogP contribution < -0.4 is 10.6 Å². The fraction of sp³-hybridized carbons (Fsp3) is 0.444. The molecule has 2 N–H and O–H groups in total. The van der Waals surface area contributed by atoms with Gasteiger partial charge in [-0.25, -0.2) is 9.98 Å². The summed E-state index contributed by atoms with van der Waals surface area (Å²) in [4.78, 5) is 10.1. The molecule has 2 rings (SSSR count). The Morgan fingerprint density at radius 3 is 2.92 bits per heavy atom. The van der Waals surface area contributed by atoms with E-state index in [2.05, 4.69) is 58.5 Å². The second kappa shape index (κ2) is 10.0. The summed E-state index contributed by atoms with van der Waals surface area (Å²) in [6.45, 7) is 7.60. The van der Waals surface area contributed by atoms with Crippen molar-refractivity contribution in [1.29, 1.82) is 0 Å². The third-order valence-electron chi connectivity index (χ3n) is 3.64. The molecule has 1 heterocycles. The number of aliphatic imine (C=N–C) groups is 1. The number of hydrogen-bond donors (Lipinski definition) is 2. The van der Waals surface area contributed by atoms with Crippen LogP contribution in [0, 0.1) is 6.92 Å². The smallest absolute Gasteiger partial charge is 0.191 e. The standard InChI is InChI=1S/C18H27N5S/c1-4-20-18(21-8-5-10-23-11-9-19-14-23)22-13-16-7-6-15(2)12-17(16)24-3/h6-7,9,11-12,14H,4-5,8,10,13H2,1-3H3,(H2,20,21,22). The van der Waals surface area contributed by atoms with Gasteiger partial charge in [0.15, 0.2) is 5.96 Å². The summed E-state index contributed by atoms with van der Waals surface area (Å²) in [5.74, 6) is 0.871. The van der Waals surface area contributed by atoms with Gasteiger partial charge in [-0.15, -0.1) is 11.8 Å². The number of benzene rings is 1. The summed E-state index contributed by atoms with van der Waals surface area (Å²) in [7, 11) is 0. The molecule has 24 heavy (non-hydrogen) atoms. The van der Waals surface area contributed by atoms with Gasteiger partial charge in [0.2, 0.25) is 0 Å². The quantitative estimate of drug-likeness (QED) is 0.334. The molecule has 6 heteroatoms. The summed E-state index contributed by atoms with van der Waals surface area (Å²) in [5.41, 5.74) is 2.56. The zero-order valence-electron chi connectivity index (χ0n) is 14.7. The molecule has 0 amide bonds. The molecule has 0 atom stereocenters. The Balaban J connectivity index is 1.87. The molecule has 0 bridgehead atoms. The van der Waals surface area contributed by atoms with E-state index in [0.717, 1.165) is 32.0 Å². The van der Waals surface area contributed by atoms with Crippen LogP contribution in [0.1, 0.15) is 24.5 Å². The topological polar surface area (TPSA) is 54.2 Å². The van der Waals surface area contributed by atoms with Gasteiger partial charge in [0, 0.05) is 36.9 Å². The van der Waals surface area contributed by atoms with E-state index in [0.29, 0.717) is 6.54 Å². The molecule has 5 nitrogen and oxygen atoms in total. The molecular formula is C18H27N5S. The van der Waals surface area contributed by atoms with Crippen LogP contribution >= 0.6 is 11.8 Å². The van der Waals surface area contributed by atoms with Crippen LogP contribution in [-0.4, -0.2) is 34.9 Å².